The van der Waals surface area contributed by atoms with Gasteiger partial charge in [0.25, 0.3) is 11.1 Å². The molecule has 0 N–H and O–H groups in total. The maximum absolute atomic E-state index is 13.0. The molecule has 0 unspecified atom stereocenters. The van der Waals surface area contributed by atoms with Gasteiger partial charge in [-0.05, 0) is 65.4 Å². The van der Waals surface area contributed by atoms with Crippen molar-refractivity contribution in [2.75, 3.05) is 0 Å². The van der Waals surface area contributed by atoms with Gasteiger partial charge in [0.05, 0.1) is 11.4 Å². The Hall–Kier alpha value is -2.80. The summed E-state index contributed by atoms with van der Waals surface area (Å²) >= 11 is 13.2. The summed E-state index contributed by atoms with van der Waals surface area (Å²) in [4.78, 5) is 26.7. The topological polar surface area (TPSA) is 46.6 Å². The van der Waals surface area contributed by atoms with E-state index in [1.165, 1.54) is 12.1 Å². The standard InChI is InChI=1S/C24H16Cl2FNO3S/c25-20-5-2-6-21(26)19(20)13-28-23(29)22(32-24(28)30)12-16-3-1-4-18(11-16)31-14-15-7-9-17(27)10-8-15/h1-12H,13-14H2/b22-12-. The van der Waals surface area contributed by atoms with Crippen LogP contribution in [0.1, 0.15) is 16.7 Å². The van der Waals surface area contributed by atoms with E-state index in [0.29, 0.717) is 31.8 Å². The third kappa shape index (κ3) is 5.15. The minimum Gasteiger partial charge on any atom is -0.489 e. The largest absolute Gasteiger partial charge is 0.489 e. The molecule has 8 heteroatoms. The molecule has 32 heavy (non-hydrogen) atoms. The molecule has 3 aromatic carbocycles. The van der Waals surface area contributed by atoms with E-state index in [4.69, 9.17) is 27.9 Å². The first-order chi connectivity index (χ1) is 15.4. The number of halogens is 3. The lowest BCUT2D eigenvalue weighted by Crippen LogP contribution is -2.27. The molecule has 1 saturated heterocycles. The zero-order valence-corrected chi connectivity index (χ0v) is 18.9. The lowest BCUT2D eigenvalue weighted by atomic mass is 10.2. The number of hydrogen-bond acceptors (Lipinski definition) is 4. The molecule has 0 radical (unpaired) electrons. The zero-order chi connectivity index (χ0) is 22.7. The molecule has 2 amide bonds. The number of amides is 2. The number of benzene rings is 3. The molecule has 4 nitrogen and oxygen atoms in total. The number of imide groups is 1. The van der Waals surface area contributed by atoms with Crippen molar-refractivity contribution in [1.29, 1.82) is 0 Å². The van der Waals surface area contributed by atoms with Gasteiger partial charge in [0, 0.05) is 15.6 Å². The highest BCUT2D eigenvalue weighted by Crippen LogP contribution is 2.36. The average molecular weight is 488 g/mol. The maximum atomic E-state index is 13.0. The number of thioether (sulfide) groups is 1. The predicted octanol–water partition coefficient (Wildman–Crippen LogP) is 6.95. The first-order valence-corrected chi connectivity index (χ1v) is 11.1. The second-order valence-electron chi connectivity index (χ2n) is 6.96. The van der Waals surface area contributed by atoms with Crippen LogP contribution in [-0.4, -0.2) is 16.0 Å². The molecule has 1 heterocycles. The Balaban J connectivity index is 1.48. The van der Waals surface area contributed by atoms with Gasteiger partial charge in [0.15, 0.2) is 0 Å². The summed E-state index contributed by atoms with van der Waals surface area (Å²) in [5.41, 5.74) is 2.06. The van der Waals surface area contributed by atoms with Crippen LogP contribution in [0.4, 0.5) is 9.18 Å². The summed E-state index contributed by atoms with van der Waals surface area (Å²) in [6.07, 6.45) is 1.64. The van der Waals surface area contributed by atoms with E-state index in [1.54, 1.807) is 54.6 Å². The van der Waals surface area contributed by atoms with Crippen LogP contribution in [0, 0.1) is 5.82 Å². The van der Waals surface area contributed by atoms with E-state index in [0.717, 1.165) is 22.2 Å². The van der Waals surface area contributed by atoms with Gasteiger partial charge >= 0.3 is 0 Å². The minimum absolute atomic E-state index is 0.00132. The van der Waals surface area contributed by atoms with Gasteiger partial charge in [-0.25, -0.2) is 4.39 Å². The summed E-state index contributed by atoms with van der Waals surface area (Å²) in [5.74, 6) is -0.125. The monoisotopic (exact) mass is 487 g/mol. The van der Waals surface area contributed by atoms with Crippen LogP contribution in [0.5, 0.6) is 5.75 Å². The maximum Gasteiger partial charge on any atom is 0.293 e. The molecule has 1 aliphatic heterocycles. The molecule has 1 aliphatic rings. The molecule has 162 valence electrons. The molecule has 0 atom stereocenters. The van der Waals surface area contributed by atoms with Crippen LogP contribution in [0.15, 0.2) is 71.6 Å². The van der Waals surface area contributed by atoms with E-state index in [1.807, 2.05) is 6.07 Å². The van der Waals surface area contributed by atoms with Crippen molar-refractivity contribution >= 4 is 52.2 Å². The van der Waals surface area contributed by atoms with Gasteiger partial charge in [0.1, 0.15) is 18.2 Å². The van der Waals surface area contributed by atoms with Crippen molar-refractivity contribution in [3.05, 3.63) is 104 Å². The van der Waals surface area contributed by atoms with Crippen molar-refractivity contribution in [1.82, 2.24) is 4.90 Å². The third-order valence-electron chi connectivity index (χ3n) is 4.73. The molecule has 0 spiro atoms. The highest BCUT2D eigenvalue weighted by Gasteiger charge is 2.35. The lowest BCUT2D eigenvalue weighted by Gasteiger charge is -2.14. The SMILES string of the molecule is O=C1S/C(=C\c2cccc(OCc3ccc(F)cc3)c2)C(=O)N1Cc1c(Cl)cccc1Cl. The Morgan fingerprint density at radius 3 is 2.38 bits per heavy atom. The minimum atomic E-state index is -0.409. The van der Waals surface area contributed by atoms with Crippen molar-refractivity contribution < 1.29 is 18.7 Å². The second kappa shape index (κ2) is 9.77. The average Bonchev–Trinajstić information content (AvgIpc) is 3.03. The van der Waals surface area contributed by atoms with Gasteiger partial charge in [-0.2, -0.15) is 0 Å². The molecule has 1 fully saturated rings. The molecule has 0 bridgehead atoms. The van der Waals surface area contributed by atoms with Gasteiger partial charge in [0.2, 0.25) is 0 Å². The van der Waals surface area contributed by atoms with E-state index >= 15 is 0 Å². The Morgan fingerprint density at radius 2 is 1.66 bits per heavy atom. The number of nitrogens with zero attached hydrogens (tertiary/aromatic N) is 1. The van der Waals surface area contributed by atoms with Crippen molar-refractivity contribution in [2.24, 2.45) is 0 Å². The molecule has 0 aromatic heterocycles. The Labute approximate surface area is 198 Å². The Morgan fingerprint density at radius 1 is 0.969 bits per heavy atom. The fourth-order valence-electron chi connectivity index (χ4n) is 3.07. The van der Waals surface area contributed by atoms with Gasteiger partial charge < -0.3 is 4.74 Å². The van der Waals surface area contributed by atoms with E-state index < -0.39 is 5.91 Å². The third-order valence-corrected chi connectivity index (χ3v) is 6.34. The summed E-state index contributed by atoms with van der Waals surface area (Å²) in [6, 6.07) is 18.2. The smallest absolute Gasteiger partial charge is 0.293 e. The van der Waals surface area contributed by atoms with Crippen LogP contribution in [0.25, 0.3) is 6.08 Å². The van der Waals surface area contributed by atoms with Crippen LogP contribution >= 0.6 is 35.0 Å². The molecule has 0 aliphatic carbocycles. The highest BCUT2D eigenvalue weighted by molar-refractivity contribution is 8.18. The quantitative estimate of drug-likeness (QED) is 0.353. The summed E-state index contributed by atoms with van der Waals surface area (Å²) in [6.45, 7) is 0.278. The first-order valence-electron chi connectivity index (χ1n) is 9.56. The lowest BCUT2D eigenvalue weighted by molar-refractivity contribution is -0.123. The Kier molecular flexibility index (Phi) is 6.84. The van der Waals surface area contributed by atoms with Crippen LogP contribution in [0.2, 0.25) is 10.0 Å². The first kappa shape index (κ1) is 22.4. The van der Waals surface area contributed by atoms with Crippen molar-refractivity contribution in [3.63, 3.8) is 0 Å². The van der Waals surface area contributed by atoms with E-state index in [2.05, 4.69) is 0 Å². The number of rotatable bonds is 6. The molecule has 3 aromatic rings. The second-order valence-corrected chi connectivity index (χ2v) is 8.76. The molecular weight excluding hydrogens is 472 g/mol. The van der Waals surface area contributed by atoms with Crippen molar-refractivity contribution in [3.8, 4) is 5.75 Å². The van der Waals surface area contributed by atoms with Gasteiger partial charge in [-0.15, -0.1) is 0 Å². The fraction of sp³-hybridized carbons (Fsp3) is 0.0833. The van der Waals surface area contributed by atoms with Gasteiger partial charge in [-0.1, -0.05) is 53.5 Å². The van der Waals surface area contributed by atoms with E-state index in [9.17, 15) is 14.0 Å². The predicted molar refractivity (Wildman–Crippen MR) is 125 cm³/mol. The summed E-state index contributed by atoms with van der Waals surface area (Å²) in [5, 5.41) is 0.402. The highest BCUT2D eigenvalue weighted by atomic mass is 35.5. The van der Waals surface area contributed by atoms with Crippen LogP contribution in [-0.2, 0) is 17.9 Å². The fourth-order valence-corrected chi connectivity index (χ4v) is 4.43. The number of carbonyl (C=O) groups is 2. The molecule has 0 saturated carbocycles. The number of carbonyl (C=O) groups excluding carboxylic acids is 2. The number of hydrogen-bond donors (Lipinski definition) is 0. The zero-order valence-electron chi connectivity index (χ0n) is 16.6. The van der Waals surface area contributed by atoms with Gasteiger partial charge in [-0.3, -0.25) is 14.5 Å². The Bertz CT molecular complexity index is 1190. The van der Waals surface area contributed by atoms with Crippen molar-refractivity contribution in [2.45, 2.75) is 13.2 Å². The molecular formula is C24H16Cl2FNO3S. The number of ether oxygens (including phenoxy) is 1. The van der Waals surface area contributed by atoms with Crippen LogP contribution < -0.4 is 4.74 Å². The molecule has 4 rings (SSSR count). The summed E-state index contributed by atoms with van der Waals surface area (Å²) in [7, 11) is 0. The normalized spacial score (nSPS) is 15.0. The van der Waals surface area contributed by atoms with Crippen LogP contribution in [0.3, 0.4) is 0 Å². The summed E-state index contributed by atoms with van der Waals surface area (Å²) < 4.78 is 18.8. The van der Waals surface area contributed by atoms with E-state index in [-0.39, 0.29) is 24.2 Å².